The molecule has 0 heterocycles. The smallest absolute Gasteiger partial charge is 0.168 e. The minimum atomic E-state index is -2.74. The molecule has 0 spiro atoms. The summed E-state index contributed by atoms with van der Waals surface area (Å²) in [5.74, 6) is 0. The van der Waals surface area contributed by atoms with Crippen LogP contribution in [0.4, 0.5) is 5.69 Å². The van der Waals surface area contributed by atoms with Crippen LogP contribution in [-0.2, 0) is 10.7 Å². The molecule has 2 rings (SSSR count). The van der Waals surface area contributed by atoms with Crippen molar-refractivity contribution in [3.63, 3.8) is 0 Å². The Morgan fingerprint density at radius 2 is 1.74 bits per heavy atom. The first-order valence-electron chi connectivity index (χ1n) is 7.40. The zero-order chi connectivity index (χ0) is 17.0. The lowest BCUT2D eigenvalue weighted by atomic mass is 9.96. The number of para-hydroxylation sites is 1. The van der Waals surface area contributed by atoms with Crippen LogP contribution in [0, 0.1) is 0 Å². The molecule has 0 aromatic heterocycles. The largest absolute Gasteiger partial charge is 0.388 e. The van der Waals surface area contributed by atoms with Crippen LogP contribution in [0.25, 0.3) is 0 Å². The van der Waals surface area contributed by atoms with Gasteiger partial charge in [-0.25, -0.2) is 8.42 Å². The zero-order valence-corrected chi connectivity index (χ0v) is 15.0. The van der Waals surface area contributed by atoms with Crippen molar-refractivity contribution in [1.82, 2.24) is 5.32 Å². The summed E-state index contributed by atoms with van der Waals surface area (Å²) in [5.41, 5.74) is 2.64. The second kappa shape index (κ2) is 7.81. The summed E-state index contributed by atoms with van der Waals surface area (Å²) in [6.45, 7) is 4.06. The molecule has 23 heavy (non-hydrogen) atoms. The molecule has 0 radical (unpaired) electrons. The molecule has 2 aromatic rings. The number of benzene rings is 2. The van der Waals surface area contributed by atoms with Gasteiger partial charge in [-0.2, -0.15) is 0 Å². The van der Waals surface area contributed by atoms with Crippen LogP contribution in [-0.4, -0.2) is 21.5 Å². The number of rotatable bonds is 6. The molecular formula is C17H21ClN2O2S. The Morgan fingerprint density at radius 1 is 1.04 bits per heavy atom. The van der Waals surface area contributed by atoms with Crippen LogP contribution >= 0.6 is 11.6 Å². The number of hydrogen-bond acceptors (Lipinski definition) is 4. The van der Waals surface area contributed by atoms with Gasteiger partial charge in [-0.05, 0) is 43.2 Å². The molecular weight excluding hydrogens is 332 g/mol. The lowest BCUT2D eigenvalue weighted by molar-refractivity contribution is 0.522. The highest BCUT2D eigenvalue weighted by atomic mass is 35.5. The van der Waals surface area contributed by atoms with E-state index in [0.29, 0.717) is 10.6 Å². The van der Waals surface area contributed by atoms with E-state index in [1.165, 1.54) is 6.07 Å². The minimum Gasteiger partial charge on any atom is -0.388 e. The third-order valence-electron chi connectivity index (χ3n) is 3.54. The highest BCUT2D eigenvalue weighted by Gasteiger charge is 2.22. The number of hydrogen-bond donors (Lipinski definition) is 3. The molecule has 0 bridgehead atoms. The van der Waals surface area contributed by atoms with Crippen molar-refractivity contribution >= 4 is 28.0 Å². The minimum absolute atomic E-state index is 0.179. The summed E-state index contributed by atoms with van der Waals surface area (Å²) in [4.78, 5) is 0.247. The normalized spacial score (nSPS) is 12.6. The van der Waals surface area contributed by atoms with E-state index in [1.54, 1.807) is 12.1 Å². The van der Waals surface area contributed by atoms with Crippen molar-refractivity contribution in [3.05, 3.63) is 58.6 Å². The third-order valence-corrected chi connectivity index (χ3v) is 4.56. The van der Waals surface area contributed by atoms with Crippen LogP contribution in [0.2, 0.25) is 5.02 Å². The molecule has 2 aromatic carbocycles. The fourth-order valence-corrected chi connectivity index (χ4v) is 3.48. The van der Waals surface area contributed by atoms with E-state index in [2.05, 4.69) is 10.6 Å². The standard InChI is InChI=1S/C17H21ClN2O2S/c1-11(2)20-17(13-6-4-5-7-15(13)19-3)14-9-8-12(18)10-16(14)23(21)22/h4-11,17,19-20,23H,1-3H3. The fourth-order valence-electron chi connectivity index (χ4n) is 2.58. The van der Waals surface area contributed by atoms with Crippen LogP contribution in [0.15, 0.2) is 47.4 Å². The Labute approximate surface area is 143 Å². The van der Waals surface area contributed by atoms with Gasteiger partial charge in [0.2, 0.25) is 0 Å². The van der Waals surface area contributed by atoms with Crippen LogP contribution in [0.3, 0.4) is 0 Å². The van der Waals surface area contributed by atoms with Crippen LogP contribution < -0.4 is 10.6 Å². The first-order chi connectivity index (χ1) is 10.9. The lowest BCUT2D eigenvalue weighted by Gasteiger charge is -2.25. The Balaban J connectivity index is 2.65. The molecule has 0 fully saturated rings. The molecule has 0 amide bonds. The molecule has 0 aliphatic rings. The molecule has 1 atom stereocenters. The highest BCUT2D eigenvalue weighted by Crippen LogP contribution is 2.32. The topological polar surface area (TPSA) is 58.2 Å². The molecule has 4 nitrogen and oxygen atoms in total. The lowest BCUT2D eigenvalue weighted by Crippen LogP contribution is -2.30. The van der Waals surface area contributed by atoms with E-state index in [1.807, 2.05) is 45.2 Å². The SMILES string of the molecule is CNc1ccccc1C(NC(C)C)c1ccc(Cl)cc1[SH](=O)=O. The van der Waals surface area contributed by atoms with E-state index in [9.17, 15) is 8.42 Å². The van der Waals surface area contributed by atoms with Crippen molar-refractivity contribution in [2.45, 2.75) is 30.8 Å². The van der Waals surface area contributed by atoms with Crippen LogP contribution in [0.1, 0.15) is 31.0 Å². The van der Waals surface area contributed by atoms with Crippen molar-refractivity contribution < 1.29 is 8.42 Å². The Bertz CT molecular complexity index is 752. The average molecular weight is 353 g/mol. The monoisotopic (exact) mass is 352 g/mol. The maximum Gasteiger partial charge on any atom is 0.168 e. The Kier molecular flexibility index (Phi) is 6.04. The van der Waals surface area contributed by atoms with Gasteiger partial charge < -0.3 is 10.6 Å². The van der Waals surface area contributed by atoms with Gasteiger partial charge in [0.1, 0.15) is 0 Å². The first kappa shape index (κ1) is 17.8. The Morgan fingerprint density at radius 3 is 2.35 bits per heavy atom. The summed E-state index contributed by atoms with van der Waals surface area (Å²) >= 11 is 5.98. The molecule has 0 aliphatic heterocycles. The van der Waals surface area contributed by atoms with Gasteiger partial charge in [-0.15, -0.1) is 0 Å². The second-order valence-electron chi connectivity index (χ2n) is 5.55. The molecule has 0 saturated heterocycles. The molecule has 124 valence electrons. The number of halogens is 1. The summed E-state index contributed by atoms with van der Waals surface area (Å²) in [6.07, 6.45) is 0. The third kappa shape index (κ3) is 4.25. The predicted molar refractivity (Wildman–Crippen MR) is 96.1 cm³/mol. The number of nitrogens with one attached hydrogen (secondary N) is 2. The molecule has 6 heteroatoms. The van der Waals surface area contributed by atoms with E-state index >= 15 is 0 Å². The van der Waals surface area contributed by atoms with E-state index < -0.39 is 10.7 Å². The first-order valence-corrected chi connectivity index (χ1v) is 8.96. The van der Waals surface area contributed by atoms with Crippen molar-refractivity contribution in [3.8, 4) is 0 Å². The molecule has 0 aliphatic carbocycles. The summed E-state index contributed by atoms with van der Waals surface area (Å²) in [7, 11) is -0.890. The maximum absolute atomic E-state index is 11.7. The summed E-state index contributed by atoms with van der Waals surface area (Å²) in [6, 6.07) is 12.8. The molecule has 0 saturated carbocycles. The molecule has 2 N–H and O–H groups in total. The van der Waals surface area contributed by atoms with Gasteiger partial charge >= 0.3 is 0 Å². The van der Waals surface area contributed by atoms with Crippen molar-refractivity contribution in [1.29, 1.82) is 0 Å². The summed E-state index contributed by atoms with van der Waals surface area (Å²) < 4.78 is 23.4. The number of thiol groups is 1. The second-order valence-corrected chi connectivity index (χ2v) is 6.98. The number of anilines is 1. The highest BCUT2D eigenvalue weighted by molar-refractivity contribution is 7.72. The van der Waals surface area contributed by atoms with Crippen molar-refractivity contribution in [2.75, 3.05) is 12.4 Å². The van der Waals surface area contributed by atoms with Crippen LogP contribution in [0.5, 0.6) is 0 Å². The fraction of sp³-hybridized carbons (Fsp3) is 0.294. The quantitative estimate of drug-likeness (QED) is 0.697. The van der Waals surface area contributed by atoms with E-state index in [4.69, 9.17) is 11.6 Å². The van der Waals surface area contributed by atoms with Gasteiger partial charge in [0.05, 0.1) is 10.9 Å². The van der Waals surface area contributed by atoms with E-state index in [0.717, 1.165) is 11.3 Å². The Hall–Kier alpha value is -1.56. The van der Waals surface area contributed by atoms with Gasteiger partial charge in [0.15, 0.2) is 10.7 Å². The maximum atomic E-state index is 11.7. The van der Waals surface area contributed by atoms with Gasteiger partial charge in [0.25, 0.3) is 0 Å². The zero-order valence-electron chi connectivity index (χ0n) is 13.3. The van der Waals surface area contributed by atoms with Gasteiger partial charge in [0, 0.05) is 23.8 Å². The predicted octanol–water partition coefficient (Wildman–Crippen LogP) is 3.44. The summed E-state index contributed by atoms with van der Waals surface area (Å²) in [5, 5.41) is 7.02. The van der Waals surface area contributed by atoms with Gasteiger partial charge in [-0.1, -0.05) is 35.9 Å². The van der Waals surface area contributed by atoms with Gasteiger partial charge in [-0.3, -0.25) is 0 Å². The molecule has 1 unspecified atom stereocenters. The average Bonchev–Trinajstić information content (AvgIpc) is 2.52. The van der Waals surface area contributed by atoms with E-state index in [-0.39, 0.29) is 17.0 Å². The van der Waals surface area contributed by atoms with Crippen molar-refractivity contribution in [2.24, 2.45) is 0 Å².